The molecule has 2 heterocycles. The quantitative estimate of drug-likeness (QED) is 0.641. The summed E-state index contributed by atoms with van der Waals surface area (Å²) in [6.07, 6.45) is 0. The monoisotopic (exact) mass is 425 g/mol. The van der Waals surface area contributed by atoms with Crippen molar-refractivity contribution in [1.29, 1.82) is 0 Å². The maximum atomic E-state index is 13.0. The summed E-state index contributed by atoms with van der Waals surface area (Å²) in [5.41, 5.74) is 2.07. The zero-order valence-corrected chi connectivity index (χ0v) is 17.7. The standard InChI is InChI=1S/C22H23N3O4S/c1-16-8-10-19(11-9-16)30(27,28)25-14-12-24(13-15-25)22(26)20-17(2)29-21(23-20)18-6-4-3-5-7-18/h3-11H,12-15H2,1-2H3. The lowest BCUT2D eigenvalue weighted by atomic mass is 10.2. The molecule has 0 N–H and O–H groups in total. The lowest BCUT2D eigenvalue weighted by Gasteiger charge is -2.33. The number of amides is 1. The summed E-state index contributed by atoms with van der Waals surface area (Å²) in [6.45, 7) is 4.71. The number of carbonyl (C=O) groups excluding carboxylic acids is 1. The number of hydrogen-bond acceptors (Lipinski definition) is 5. The molecule has 0 aliphatic carbocycles. The largest absolute Gasteiger partial charge is 0.441 e. The molecule has 1 fully saturated rings. The summed E-state index contributed by atoms with van der Waals surface area (Å²) in [5, 5.41) is 0. The molecule has 3 aromatic rings. The molecule has 7 nitrogen and oxygen atoms in total. The summed E-state index contributed by atoms with van der Waals surface area (Å²) in [7, 11) is -3.57. The van der Waals surface area contributed by atoms with E-state index in [0.717, 1.165) is 11.1 Å². The Labute approximate surface area is 176 Å². The summed E-state index contributed by atoms with van der Waals surface area (Å²) in [6, 6.07) is 16.2. The first kappa shape index (κ1) is 20.3. The zero-order valence-electron chi connectivity index (χ0n) is 16.9. The Morgan fingerprint density at radius 1 is 0.933 bits per heavy atom. The van der Waals surface area contributed by atoms with Gasteiger partial charge >= 0.3 is 0 Å². The number of carbonyl (C=O) groups is 1. The number of benzene rings is 2. The van der Waals surface area contributed by atoms with Crippen LogP contribution < -0.4 is 0 Å². The van der Waals surface area contributed by atoms with Gasteiger partial charge in [-0.05, 0) is 38.1 Å². The van der Waals surface area contributed by atoms with E-state index in [-0.39, 0.29) is 29.6 Å². The average molecular weight is 426 g/mol. The van der Waals surface area contributed by atoms with Crippen molar-refractivity contribution >= 4 is 15.9 Å². The topological polar surface area (TPSA) is 83.7 Å². The first-order valence-corrected chi connectivity index (χ1v) is 11.2. The van der Waals surface area contributed by atoms with Crippen LogP contribution in [0.15, 0.2) is 63.9 Å². The van der Waals surface area contributed by atoms with Crippen molar-refractivity contribution in [3.63, 3.8) is 0 Å². The van der Waals surface area contributed by atoms with Gasteiger partial charge in [-0.15, -0.1) is 0 Å². The van der Waals surface area contributed by atoms with E-state index in [4.69, 9.17) is 4.42 Å². The smallest absolute Gasteiger partial charge is 0.276 e. The third kappa shape index (κ3) is 3.88. The first-order valence-electron chi connectivity index (χ1n) is 9.75. The van der Waals surface area contributed by atoms with Crippen molar-refractivity contribution in [3.8, 4) is 11.5 Å². The Morgan fingerprint density at radius 2 is 1.57 bits per heavy atom. The number of aryl methyl sites for hydroxylation is 2. The van der Waals surface area contributed by atoms with Gasteiger partial charge < -0.3 is 9.32 Å². The molecule has 1 aliphatic rings. The second-order valence-corrected chi connectivity index (χ2v) is 9.24. The van der Waals surface area contributed by atoms with E-state index in [2.05, 4.69) is 4.98 Å². The highest BCUT2D eigenvalue weighted by atomic mass is 32.2. The van der Waals surface area contributed by atoms with Crippen molar-refractivity contribution < 1.29 is 17.6 Å². The third-order valence-corrected chi connectivity index (χ3v) is 7.12. The molecule has 0 spiro atoms. The SMILES string of the molecule is Cc1ccc(S(=O)(=O)N2CCN(C(=O)c3nc(-c4ccccc4)oc3C)CC2)cc1. The van der Waals surface area contributed by atoms with Gasteiger partial charge in [0.05, 0.1) is 4.90 Å². The van der Waals surface area contributed by atoms with E-state index in [0.29, 0.717) is 24.7 Å². The fourth-order valence-electron chi connectivity index (χ4n) is 3.44. The molecule has 0 radical (unpaired) electrons. The molecule has 2 aromatic carbocycles. The van der Waals surface area contributed by atoms with E-state index in [1.54, 1.807) is 36.1 Å². The molecule has 0 saturated carbocycles. The van der Waals surface area contributed by atoms with Crippen LogP contribution in [0.5, 0.6) is 0 Å². The maximum absolute atomic E-state index is 13.0. The van der Waals surface area contributed by atoms with E-state index in [9.17, 15) is 13.2 Å². The van der Waals surface area contributed by atoms with Crippen LogP contribution in [0, 0.1) is 13.8 Å². The Morgan fingerprint density at radius 3 is 2.20 bits per heavy atom. The van der Waals surface area contributed by atoms with E-state index in [1.807, 2.05) is 37.3 Å². The molecule has 0 unspecified atom stereocenters. The zero-order chi connectivity index (χ0) is 21.3. The van der Waals surface area contributed by atoms with Gasteiger partial charge in [0.15, 0.2) is 5.69 Å². The van der Waals surface area contributed by atoms with Gasteiger partial charge in [0.2, 0.25) is 15.9 Å². The molecule has 1 saturated heterocycles. The number of sulfonamides is 1. The first-order chi connectivity index (χ1) is 14.4. The molecular weight excluding hydrogens is 402 g/mol. The summed E-state index contributed by atoms with van der Waals surface area (Å²) >= 11 is 0. The van der Waals surface area contributed by atoms with Gasteiger partial charge in [-0.25, -0.2) is 13.4 Å². The van der Waals surface area contributed by atoms with E-state index < -0.39 is 10.0 Å². The highest BCUT2D eigenvalue weighted by Gasteiger charge is 2.32. The van der Waals surface area contributed by atoms with Crippen LogP contribution in [0.1, 0.15) is 21.8 Å². The molecule has 8 heteroatoms. The number of nitrogens with zero attached hydrogens (tertiary/aromatic N) is 3. The molecule has 0 bridgehead atoms. The molecule has 156 valence electrons. The lowest BCUT2D eigenvalue weighted by molar-refractivity contribution is 0.0691. The number of piperazine rings is 1. The molecule has 1 amide bonds. The van der Waals surface area contributed by atoms with Gasteiger partial charge in [-0.3, -0.25) is 4.79 Å². The van der Waals surface area contributed by atoms with Crippen molar-refractivity contribution in [2.75, 3.05) is 26.2 Å². The summed E-state index contributed by atoms with van der Waals surface area (Å²) in [5.74, 6) is 0.608. The Bertz CT molecular complexity index is 1150. The van der Waals surface area contributed by atoms with Gasteiger partial charge in [0.1, 0.15) is 5.76 Å². The highest BCUT2D eigenvalue weighted by molar-refractivity contribution is 7.89. The van der Waals surface area contributed by atoms with Gasteiger partial charge in [-0.1, -0.05) is 35.9 Å². The van der Waals surface area contributed by atoms with Gasteiger partial charge in [0, 0.05) is 31.7 Å². The second-order valence-electron chi connectivity index (χ2n) is 7.30. The van der Waals surface area contributed by atoms with Crippen LogP contribution in [0.4, 0.5) is 0 Å². The second kappa shape index (κ2) is 8.04. The molecule has 4 rings (SSSR count). The number of hydrogen-bond donors (Lipinski definition) is 0. The molecule has 1 aromatic heterocycles. The Kier molecular flexibility index (Phi) is 5.44. The number of rotatable bonds is 4. The fourth-order valence-corrected chi connectivity index (χ4v) is 4.86. The third-order valence-electron chi connectivity index (χ3n) is 5.20. The van der Waals surface area contributed by atoms with Crippen molar-refractivity contribution in [2.24, 2.45) is 0 Å². The van der Waals surface area contributed by atoms with E-state index in [1.165, 1.54) is 4.31 Å². The Balaban J connectivity index is 1.46. The minimum atomic E-state index is -3.57. The molecule has 30 heavy (non-hydrogen) atoms. The Hall–Kier alpha value is -2.97. The van der Waals surface area contributed by atoms with Crippen molar-refractivity contribution in [2.45, 2.75) is 18.7 Å². The van der Waals surface area contributed by atoms with Crippen LogP contribution in [-0.4, -0.2) is 54.7 Å². The van der Waals surface area contributed by atoms with Crippen LogP contribution in [-0.2, 0) is 10.0 Å². The van der Waals surface area contributed by atoms with Crippen molar-refractivity contribution in [1.82, 2.24) is 14.2 Å². The predicted molar refractivity (Wildman–Crippen MR) is 113 cm³/mol. The minimum absolute atomic E-state index is 0.240. The predicted octanol–water partition coefficient (Wildman–Crippen LogP) is 3.11. The fraction of sp³-hybridized carbons (Fsp3) is 0.273. The summed E-state index contributed by atoms with van der Waals surface area (Å²) in [4.78, 5) is 19.3. The van der Waals surface area contributed by atoms with Crippen molar-refractivity contribution in [3.05, 3.63) is 71.6 Å². The van der Waals surface area contributed by atoms with Crippen LogP contribution in [0.25, 0.3) is 11.5 Å². The van der Waals surface area contributed by atoms with Crippen LogP contribution in [0.2, 0.25) is 0 Å². The molecule has 1 aliphatic heterocycles. The normalized spacial score (nSPS) is 15.3. The molecular formula is C22H23N3O4S. The highest BCUT2D eigenvalue weighted by Crippen LogP contribution is 2.23. The number of aromatic nitrogens is 1. The van der Waals surface area contributed by atoms with Crippen LogP contribution in [0.3, 0.4) is 0 Å². The average Bonchev–Trinajstić information content (AvgIpc) is 3.16. The van der Waals surface area contributed by atoms with E-state index >= 15 is 0 Å². The van der Waals surface area contributed by atoms with Crippen LogP contribution >= 0.6 is 0 Å². The van der Waals surface area contributed by atoms with Gasteiger partial charge in [-0.2, -0.15) is 4.31 Å². The number of oxazole rings is 1. The van der Waals surface area contributed by atoms with Gasteiger partial charge in [0.25, 0.3) is 5.91 Å². The lowest BCUT2D eigenvalue weighted by Crippen LogP contribution is -2.50. The summed E-state index contributed by atoms with van der Waals surface area (Å²) < 4.78 is 32.8. The molecule has 0 atom stereocenters. The minimum Gasteiger partial charge on any atom is -0.441 e. The maximum Gasteiger partial charge on any atom is 0.276 e.